The number of benzene rings is 1. The lowest BCUT2D eigenvalue weighted by atomic mass is 10.2. The van der Waals surface area contributed by atoms with Gasteiger partial charge in [0.15, 0.2) is 0 Å². The van der Waals surface area contributed by atoms with Gasteiger partial charge in [-0.15, -0.1) is 11.6 Å². The average molecular weight is 210 g/mol. The fourth-order valence-corrected chi connectivity index (χ4v) is 1.01. The summed E-state index contributed by atoms with van der Waals surface area (Å²) in [6, 6.07) is 4.87. The molecule has 0 heterocycles. The van der Waals surface area contributed by atoms with Crippen LogP contribution in [0.1, 0.15) is 5.56 Å². The molecule has 0 saturated heterocycles. The number of halogens is 4. The van der Waals surface area contributed by atoms with E-state index in [-0.39, 0.29) is 6.00 Å². The third-order valence-corrected chi connectivity index (χ3v) is 1.62. The maximum Gasteiger partial charge on any atom is 0.416 e. The first-order chi connectivity index (χ1) is 6.04. The van der Waals surface area contributed by atoms with E-state index in [2.05, 4.69) is 5.32 Å². The van der Waals surface area contributed by atoms with Gasteiger partial charge in [0.05, 0.1) is 11.6 Å². The lowest BCUT2D eigenvalue weighted by Gasteiger charge is -2.07. The van der Waals surface area contributed by atoms with Gasteiger partial charge in [-0.25, -0.2) is 0 Å². The van der Waals surface area contributed by atoms with Crippen LogP contribution in [0.3, 0.4) is 0 Å². The van der Waals surface area contributed by atoms with E-state index >= 15 is 0 Å². The number of alkyl halides is 4. The van der Waals surface area contributed by atoms with Gasteiger partial charge < -0.3 is 5.32 Å². The van der Waals surface area contributed by atoms with Crippen molar-refractivity contribution in [3.63, 3.8) is 0 Å². The van der Waals surface area contributed by atoms with Gasteiger partial charge >= 0.3 is 6.18 Å². The Morgan fingerprint density at radius 2 is 1.69 bits per heavy atom. The first kappa shape index (κ1) is 10.2. The van der Waals surface area contributed by atoms with Crippen molar-refractivity contribution in [3.05, 3.63) is 29.8 Å². The SMILES string of the molecule is FC(F)(F)c1ccc(NCCl)cc1. The number of hydrogen-bond acceptors (Lipinski definition) is 1. The fraction of sp³-hybridized carbons (Fsp3) is 0.250. The molecule has 0 aliphatic rings. The van der Waals surface area contributed by atoms with Crippen LogP contribution in [0.15, 0.2) is 24.3 Å². The lowest BCUT2D eigenvalue weighted by molar-refractivity contribution is -0.137. The van der Waals surface area contributed by atoms with Crippen LogP contribution in [0.2, 0.25) is 0 Å². The van der Waals surface area contributed by atoms with Crippen LogP contribution >= 0.6 is 11.6 Å². The van der Waals surface area contributed by atoms with Crippen LogP contribution in [0.5, 0.6) is 0 Å². The molecule has 1 N–H and O–H groups in total. The van der Waals surface area contributed by atoms with Gasteiger partial charge in [-0.1, -0.05) is 0 Å². The number of anilines is 1. The van der Waals surface area contributed by atoms with E-state index < -0.39 is 11.7 Å². The second kappa shape index (κ2) is 3.87. The molecule has 72 valence electrons. The third-order valence-electron chi connectivity index (χ3n) is 1.48. The van der Waals surface area contributed by atoms with Crippen molar-refractivity contribution < 1.29 is 13.2 Å². The summed E-state index contributed by atoms with van der Waals surface area (Å²) >= 11 is 5.33. The van der Waals surface area contributed by atoms with E-state index in [1.165, 1.54) is 12.1 Å². The summed E-state index contributed by atoms with van der Waals surface area (Å²) in [4.78, 5) is 0. The van der Waals surface area contributed by atoms with E-state index in [1.54, 1.807) is 0 Å². The molecule has 1 nitrogen and oxygen atoms in total. The van der Waals surface area contributed by atoms with Crippen molar-refractivity contribution >= 4 is 17.3 Å². The zero-order chi connectivity index (χ0) is 9.90. The highest BCUT2D eigenvalue weighted by atomic mass is 35.5. The van der Waals surface area contributed by atoms with Gasteiger partial charge in [-0.05, 0) is 24.3 Å². The van der Waals surface area contributed by atoms with Crippen LogP contribution in [0.25, 0.3) is 0 Å². The number of nitrogens with one attached hydrogen (secondary N) is 1. The normalized spacial score (nSPS) is 11.4. The van der Waals surface area contributed by atoms with Gasteiger partial charge in [-0.3, -0.25) is 0 Å². The van der Waals surface area contributed by atoms with Crippen LogP contribution in [0, 0.1) is 0 Å². The smallest absolute Gasteiger partial charge is 0.372 e. The second-order valence-corrected chi connectivity index (χ2v) is 2.65. The maximum absolute atomic E-state index is 12.1. The molecule has 0 aliphatic heterocycles. The van der Waals surface area contributed by atoms with Crippen molar-refractivity contribution in [2.24, 2.45) is 0 Å². The summed E-state index contributed by atoms with van der Waals surface area (Å²) in [6.07, 6.45) is -4.28. The second-order valence-electron chi connectivity index (χ2n) is 2.39. The van der Waals surface area contributed by atoms with Crippen LogP contribution in [0.4, 0.5) is 18.9 Å². The molecule has 0 aromatic heterocycles. The molecule has 0 atom stereocenters. The van der Waals surface area contributed by atoms with E-state index in [4.69, 9.17) is 11.6 Å². The Morgan fingerprint density at radius 3 is 2.08 bits per heavy atom. The Balaban J connectivity index is 2.81. The summed E-state index contributed by atoms with van der Waals surface area (Å²) in [5.74, 6) is 0. The first-order valence-corrected chi connectivity index (χ1v) is 4.04. The summed E-state index contributed by atoms with van der Waals surface area (Å²) < 4.78 is 36.2. The standard InChI is InChI=1S/C8H7ClF3N/c9-5-13-7-3-1-6(2-4-7)8(10,11)12/h1-4,13H,5H2. The predicted octanol–water partition coefficient (Wildman–Crippen LogP) is 3.31. The predicted molar refractivity (Wildman–Crippen MR) is 45.8 cm³/mol. The van der Waals surface area contributed by atoms with Crippen molar-refractivity contribution in [2.45, 2.75) is 6.18 Å². The average Bonchev–Trinajstić information content (AvgIpc) is 2.04. The van der Waals surface area contributed by atoms with E-state index in [0.29, 0.717) is 5.69 Å². The maximum atomic E-state index is 12.1. The number of hydrogen-bond donors (Lipinski definition) is 1. The highest BCUT2D eigenvalue weighted by Gasteiger charge is 2.29. The van der Waals surface area contributed by atoms with Gasteiger partial charge in [0, 0.05) is 5.69 Å². The Labute approximate surface area is 78.5 Å². The van der Waals surface area contributed by atoms with Crippen molar-refractivity contribution in [1.82, 2.24) is 0 Å². The largest absolute Gasteiger partial charge is 0.416 e. The molecule has 0 bridgehead atoms. The lowest BCUT2D eigenvalue weighted by Crippen LogP contribution is -2.04. The molecule has 0 radical (unpaired) electrons. The molecule has 1 rings (SSSR count). The molecule has 0 amide bonds. The Bertz CT molecular complexity index is 268. The molecular weight excluding hydrogens is 203 g/mol. The molecule has 1 aromatic carbocycles. The molecule has 0 aliphatic carbocycles. The van der Waals surface area contributed by atoms with Crippen molar-refractivity contribution in [3.8, 4) is 0 Å². The molecule has 5 heteroatoms. The summed E-state index contributed by atoms with van der Waals surface area (Å²) in [5, 5.41) is 2.68. The van der Waals surface area contributed by atoms with E-state index in [0.717, 1.165) is 12.1 Å². The minimum absolute atomic E-state index is 0.172. The molecule has 0 spiro atoms. The fourth-order valence-electron chi connectivity index (χ4n) is 0.854. The quantitative estimate of drug-likeness (QED) is 0.582. The zero-order valence-corrected chi connectivity index (χ0v) is 7.28. The zero-order valence-electron chi connectivity index (χ0n) is 6.53. The Morgan fingerprint density at radius 1 is 1.15 bits per heavy atom. The van der Waals surface area contributed by atoms with Crippen LogP contribution in [-0.2, 0) is 6.18 Å². The van der Waals surface area contributed by atoms with Crippen LogP contribution in [-0.4, -0.2) is 6.00 Å². The van der Waals surface area contributed by atoms with E-state index in [9.17, 15) is 13.2 Å². The summed E-state index contributed by atoms with van der Waals surface area (Å²) in [7, 11) is 0. The monoisotopic (exact) mass is 209 g/mol. The van der Waals surface area contributed by atoms with Crippen molar-refractivity contribution in [2.75, 3.05) is 11.3 Å². The van der Waals surface area contributed by atoms with Gasteiger partial charge in [0.25, 0.3) is 0 Å². The first-order valence-electron chi connectivity index (χ1n) is 3.51. The van der Waals surface area contributed by atoms with Gasteiger partial charge in [0.2, 0.25) is 0 Å². The van der Waals surface area contributed by atoms with Crippen molar-refractivity contribution in [1.29, 1.82) is 0 Å². The molecular formula is C8H7ClF3N. The summed E-state index contributed by atoms with van der Waals surface area (Å²) in [5.41, 5.74) is -0.0874. The highest BCUT2D eigenvalue weighted by molar-refractivity contribution is 6.18. The molecule has 0 saturated carbocycles. The molecule has 1 aromatic rings. The van der Waals surface area contributed by atoms with Crippen LogP contribution < -0.4 is 5.32 Å². The molecule has 0 unspecified atom stereocenters. The minimum Gasteiger partial charge on any atom is -0.372 e. The van der Waals surface area contributed by atoms with E-state index in [1.807, 2.05) is 0 Å². The third kappa shape index (κ3) is 2.81. The Kier molecular flexibility index (Phi) is 3.03. The van der Waals surface area contributed by atoms with Gasteiger partial charge in [-0.2, -0.15) is 13.2 Å². The Hall–Kier alpha value is -0.900. The highest BCUT2D eigenvalue weighted by Crippen LogP contribution is 2.29. The minimum atomic E-state index is -4.28. The van der Waals surface area contributed by atoms with Gasteiger partial charge in [0.1, 0.15) is 0 Å². The summed E-state index contributed by atoms with van der Waals surface area (Å²) in [6.45, 7) is 0. The molecule has 13 heavy (non-hydrogen) atoms. The molecule has 0 fully saturated rings. The topological polar surface area (TPSA) is 12.0 Å². The number of rotatable bonds is 2.